The predicted molar refractivity (Wildman–Crippen MR) is 111 cm³/mol. The van der Waals surface area contributed by atoms with Gasteiger partial charge in [-0.2, -0.15) is 5.10 Å². The summed E-state index contributed by atoms with van der Waals surface area (Å²) in [5, 5.41) is 8.04. The number of pyridine rings is 1. The van der Waals surface area contributed by atoms with Crippen molar-refractivity contribution in [3.63, 3.8) is 0 Å². The largest absolute Gasteiger partial charge is 0.366 e. The summed E-state index contributed by atoms with van der Waals surface area (Å²) in [5.41, 5.74) is 8.06. The second-order valence-corrected chi connectivity index (χ2v) is 6.84. The van der Waals surface area contributed by atoms with E-state index in [1.165, 1.54) is 18.3 Å². The van der Waals surface area contributed by atoms with Crippen molar-refractivity contribution < 1.29 is 9.59 Å². The fraction of sp³-hybridized carbons (Fsp3) is 0.0476. The van der Waals surface area contributed by atoms with Gasteiger partial charge in [-0.05, 0) is 29.8 Å². The van der Waals surface area contributed by atoms with E-state index in [1.807, 2.05) is 30.3 Å². The quantitative estimate of drug-likeness (QED) is 0.530. The molecular weight excluding hydrogens is 390 g/mol. The second kappa shape index (κ2) is 7.73. The SMILES string of the molecule is NC(=O)c1ccc(NC(=O)c2cnc3c(cnn3Cc3ccccc3)c2)cc1Cl. The van der Waals surface area contributed by atoms with Crippen LogP contribution in [0.25, 0.3) is 11.0 Å². The molecule has 2 heterocycles. The fourth-order valence-electron chi connectivity index (χ4n) is 2.96. The van der Waals surface area contributed by atoms with Crippen LogP contribution in [-0.2, 0) is 6.54 Å². The highest BCUT2D eigenvalue weighted by Gasteiger charge is 2.13. The lowest BCUT2D eigenvalue weighted by molar-refractivity contribution is 0.0998. The van der Waals surface area contributed by atoms with Gasteiger partial charge in [0.2, 0.25) is 5.91 Å². The minimum atomic E-state index is -0.630. The van der Waals surface area contributed by atoms with Gasteiger partial charge >= 0.3 is 0 Å². The Morgan fingerprint density at radius 1 is 1.07 bits per heavy atom. The fourth-order valence-corrected chi connectivity index (χ4v) is 3.24. The molecule has 4 aromatic rings. The van der Waals surface area contributed by atoms with Crippen molar-refractivity contribution >= 4 is 40.1 Å². The molecule has 0 aliphatic heterocycles. The zero-order valence-electron chi connectivity index (χ0n) is 15.2. The van der Waals surface area contributed by atoms with Crippen LogP contribution >= 0.6 is 11.6 Å². The van der Waals surface area contributed by atoms with Gasteiger partial charge in [0.05, 0.1) is 28.9 Å². The van der Waals surface area contributed by atoms with Gasteiger partial charge < -0.3 is 11.1 Å². The number of nitrogens with one attached hydrogen (secondary N) is 1. The van der Waals surface area contributed by atoms with Crippen LogP contribution in [0.4, 0.5) is 5.69 Å². The minimum Gasteiger partial charge on any atom is -0.366 e. The van der Waals surface area contributed by atoms with Gasteiger partial charge in [0.1, 0.15) is 0 Å². The number of rotatable bonds is 5. The number of aromatic nitrogens is 3. The smallest absolute Gasteiger partial charge is 0.257 e. The van der Waals surface area contributed by atoms with Crippen molar-refractivity contribution in [3.8, 4) is 0 Å². The topological polar surface area (TPSA) is 103 Å². The van der Waals surface area contributed by atoms with E-state index < -0.39 is 5.91 Å². The number of anilines is 1. The first kappa shape index (κ1) is 18.6. The number of fused-ring (bicyclic) bond motifs is 1. The first-order chi connectivity index (χ1) is 14.0. The molecular formula is C21H16ClN5O2. The molecule has 2 aromatic carbocycles. The van der Waals surface area contributed by atoms with E-state index in [0.29, 0.717) is 23.4 Å². The Morgan fingerprint density at radius 2 is 1.86 bits per heavy atom. The average molecular weight is 406 g/mol. The molecule has 0 aliphatic rings. The predicted octanol–water partition coefficient (Wildman–Crippen LogP) is 3.48. The van der Waals surface area contributed by atoms with Crippen molar-refractivity contribution in [1.82, 2.24) is 14.8 Å². The van der Waals surface area contributed by atoms with Gasteiger partial charge in [-0.1, -0.05) is 41.9 Å². The molecule has 2 aromatic heterocycles. The van der Waals surface area contributed by atoms with Gasteiger partial charge in [-0.25, -0.2) is 9.67 Å². The molecule has 0 saturated carbocycles. The van der Waals surface area contributed by atoms with Crippen molar-refractivity contribution in [3.05, 3.63) is 88.7 Å². The lowest BCUT2D eigenvalue weighted by atomic mass is 10.2. The summed E-state index contributed by atoms with van der Waals surface area (Å²) >= 11 is 6.03. The Bertz CT molecular complexity index is 1220. The molecule has 8 heteroatoms. The molecule has 0 bridgehead atoms. The van der Waals surface area contributed by atoms with Crippen LogP contribution in [0.3, 0.4) is 0 Å². The Hall–Kier alpha value is -3.71. The van der Waals surface area contributed by atoms with Gasteiger partial charge in [0.15, 0.2) is 5.65 Å². The van der Waals surface area contributed by atoms with Gasteiger partial charge in [0.25, 0.3) is 5.91 Å². The Balaban J connectivity index is 1.54. The van der Waals surface area contributed by atoms with Gasteiger partial charge in [-0.15, -0.1) is 0 Å². The monoisotopic (exact) mass is 405 g/mol. The number of hydrogen-bond donors (Lipinski definition) is 2. The van der Waals surface area contributed by atoms with Gasteiger partial charge in [-0.3, -0.25) is 9.59 Å². The zero-order chi connectivity index (χ0) is 20.4. The third-order valence-corrected chi connectivity index (χ3v) is 4.72. The molecule has 0 spiro atoms. The standard InChI is InChI=1S/C21H16ClN5O2/c22-18-9-16(6-7-17(18)19(23)28)26-21(29)15-8-14-11-25-27(20(14)24-10-15)12-13-4-2-1-3-5-13/h1-11H,12H2,(H2,23,28)(H,26,29). The normalized spacial score (nSPS) is 10.8. The Morgan fingerprint density at radius 3 is 2.59 bits per heavy atom. The second-order valence-electron chi connectivity index (χ2n) is 6.44. The lowest BCUT2D eigenvalue weighted by Gasteiger charge is -2.08. The Kier molecular flexibility index (Phi) is 4.97. The number of nitrogens with two attached hydrogens (primary N) is 1. The third-order valence-electron chi connectivity index (χ3n) is 4.41. The summed E-state index contributed by atoms with van der Waals surface area (Å²) in [6.07, 6.45) is 3.18. The number of hydrogen-bond acceptors (Lipinski definition) is 4. The number of benzene rings is 2. The van der Waals surface area contributed by atoms with E-state index in [4.69, 9.17) is 17.3 Å². The Labute approximate surface area is 171 Å². The van der Waals surface area contributed by atoms with E-state index in [2.05, 4.69) is 15.4 Å². The number of carbonyl (C=O) groups excluding carboxylic acids is 2. The van der Waals surface area contributed by atoms with Crippen LogP contribution in [-0.4, -0.2) is 26.6 Å². The summed E-state index contributed by atoms with van der Waals surface area (Å²) in [5.74, 6) is -0.979. The number of primary amides is 1. The summed E-state index contributed by atoms with van der Waals surface area (Å²) < 4.78 is 1.79. The van der Waals surface area contributed by atoms with E-state index in [-0.39, 0.29) is 16.5 Å². The molecule has 2 amide bonds. The molecule has 0 saturated heterocycles. The maximum Gasteiger partial charge on any atom is 0.257 e. The van der Waals surface area contributed by atoms with Crippen LogP contribution in [0.5, 0.6) is 0 Å². The highest BCUT2D eigenvalue weighted by molar-refractivity contribution is 6.34. The first-order valence-corrected chi connectivity index (χ1v) is 9.15. The molecule has 0 aliphatic carbocycles. The maximum atomic E-state index is 12.6. The van der Waals surface area contributed by atoms with Crippen molar-refractivity contribution in [2.75, 3.05) is 5.32 Å². The zero-order valence-corrected chi connectivity index (χ0v) is 15.9. The highest BCUT2D eigenvalue weighted by Crippen LogP contribution is 2.22. The van der Waals surface area contributed by atoms with Crippen molar-refractivity contribution in [2.45, 2.75) is 6.54 Å². The van der Waals surface area contributed by atoms with Crippen molar-refractivity contribution in [1.29, 1.82) is 0 Å². The van der Waals surface area contributed by atoms with Crippen LogP contribution in [0.1, 0.15) is 26.3 Å². The van der Waals surface area contributed by atoms with Gasteiger partial charge in [0, 0.05) is 17.3 Å². The third kappa shape index (κ3) is 3.95. The molecule has 29 heavy (non-hydrogen) atoms. The number of nitrogens with zero attached hydrogens (tertiary/aromatic N) is 3. The summed E-state index contributed by atoms with van der Waals surface area (Å²) in [6, 6.07) is 16.2. The van der Waals surface area contributed by atoms with Crippen LogP contribution < -0.4 is 11.1 Å². The number of carbonyl (C=O) groups is 2. The maximum absolute atomic E-state index is 12.6. The van der Waals surface area contributed by atoms with E-state index in [0.717, 1.165) is 10.9 Å². The lowest BCUT2D eigenvalue weighted by Crippen LogP contribution is -2.14. The molecule has 3 N–H and O–H groups in total. The molecule has 4 rings (SSSR count). The first-order valence-electron chi connectivity index (χ1n) is 8.77. The summed E-state index contributed by atoms with van der Waals surface area (Å²) in [4.78, 5) is 28.2. The molecule has 0 fully saturated rings. The van der Waals surface area contributed by atoms with E-state index in [9.17, 15) is 9.59 Å². The van der Waals surface area contributed by atoms with Crippen LogP contribution in [0, 0.1) is 0 Å². The number of halogens is 1. The molecule has 7 nitrogen and oxygen atoms in total. The molecule has 0 atom stereocenters. The van der Waals surface area contributed by atoms with E-state index >= 15 is 0 Å². The van der Waals surface area contributed by atoms with E-state index in [1.54, 1.807) is 23.0 Å². The minimum absolute atomic E-state index is 0.172. The van der Waals surface area contributed by atoms with Crippen LogP contribution in [0.15, 0.2) is 67.0 Å². The highest BCUT2D eigenvalue weighted by atomic mass is 35.5. The molecule has 0 radical (unpaired) electrons. The summed E-state index contributed by atoms with van der Waals surface area (Å²) in [7, 11) is 0. The summed E-state index contributed by atoms with van der Waals surface area (Å²) in [6.45, 7) is 0.591. The van der Waals surface area contributed by atoms with Crippen molar-refractivity contribution in [2.24, 2.45) is 5.73 Å². The average Bonchev–Trinajstić information content (AvgIpc) is 3.10. The molecule has 0 unspecified atom stereocenters. The van der Waals surface area contributed by atoms with Crippen LogP contribution in [0.2, 0.25) is 5.02 Å². The number of amides is 2. The molecule has 144 valence electrons.